The first-order valence-electron chi connectivity index (χ1n) is 10.0. The molecule has 2 aromatic rings. The highest BCUT2D eigenvalue weighted by Gasteiger charge is 2.24. The Morgan fingerprint density at radius 2 is 1.75 bits per heavy atom. The van der Waals surface area contributed by atoms with E-state index in [0.29, 0.717) is 5.56 Å². The van der Waals surface area contributed by atoms with Gasteiger partial charge >= 0.3 is 6.61 Å². The second-order valence-corrected chi connectivity index (χ2v) is 9.39. The van der Waals surface area contributed by atoms with E-state index >= 15 is 0 Å². The molecule has 0 aliphatic rings. The molecular weight excluding hydrogens is 442 g/mol. The van der Waals surface area contributed by atoms with E-state index in [0.717, 1.165) is 0 Å². The molecule has 2 rings (SSSR count). The third-order valence-corrected chi connectivity index (χ3v) is 6.81. The molecule has 0 unspecified atom stereocenters. The molecule has 0 radical (unpaired) electrons. The monoisotopic (exact) mass is 470 g/mol. The highest BCUT2D eigenvalue weighted by Crippen LogP contribution is 2.30. The maximum atomic E-state index is 12.9. The van der Waals surface area contributed by atoms with Crippen LogP contribution in [0.4, 0.5) is 8.78 Å². The first kappa shape index (κ1) is 25.5. The van der Waals surface area contributed by atoms with E-state index < -0.39 is 16.6 Å². The number of hydrogen-bond donors (Lipinski definition) is 0. The van der Waals surface area contributed by atoms with Gasteiger partial charge in [0.1, 0.15) is 0 Å². The van der Waals surface area contributed by atoms with E-state index in [-0.39, 0.29) is 47.1 Å². The van der Waals surface area contributed by atoms with Crippen molar-refractivity contribution in [3.05, 3.63) is 53.6 Å². The van der Waals surface area contributed by atoms with Gasteiger partial charge in [-0.15, -0.1) is 0 Å². The fourth-order valence-electron chi connectivity index (χ4n) is 2.91. The summed E-state index contributed by atoms with van der Waals surface area (Å²) in [5, 5.41) is 0. The van der Waals surface area contributed by atoms with Crippen molar-refractivity contribution in [3.63, 3.8) is 0 Å². The summed E-state index contributed by atoms with van der Waals surface area (Å²) in [6, 6.07) is 10.1. The smallest absolute Gasteiger partial charge is 0.387 e. The minimum absolute atomic E-state index is 0.0279. The van der Waals surface area contributed by atoms with Gasteiger partial charge in [-0.1, -0.05) is 12.1 Å². The fourth-order valence-corrected chi connectivity index (χ4v) is 4.33. The number of carbonyl (C=O) groups is 1. The number of benzene rings is 2. The second kappa shape index (κ2) is 10.7. The summed E-state index contributed by atoms with van der Waals surface area (Å²) in [6.07, 6.45) is 0. The summed E-state index contributed by atoms with van der Waals surface area (Å²) in [6.45, 7) is 2.65. The number of alkyl halides is 2. The normalized spacial score (nSPS) is 11.8. The molecule has 0 aliphatic heterocycles. The Bertz CT molecular complexity index is 1040. The molecule has 0 heterocycles. The summed E-state index contributed by atoms with van der Waals surface area (Å²) in [5.41, 5.74) is 0.850. The molecule has 0 aliphatic carbocycles. The van der Waals surface area contributed by atoms with Crippen molar-refractivity contribution in [2.45, 2.75) is 44.9 Å². The van der Waals surface area contributed by atoms with Crippen molar-refractivity contribution in [1.82, 2.24) is 9.21 Å². The highest BCUT2D eigenvalue weighted by atomic mass is 32.2. The third kappa shape index (κ3) is 6.17. The number of ether oxygens (including phenoxy) is 2. The van der Waals surface area contributed by atoms with Gasteiger partial charge in [-0.3, -0.25) is 4.79 Å². The summed E-state index contributed by atoms with van der Waals surface area (Å²) in [5.74, 6) is -0.331. The Hall–Kier alpha value is -2.72. The number of amides is 1. The molecule has 0 saturated carbocycles. The average Bonchev–Trinajstić information content (AvgIpc) is 2.74. The minimum atomic E-state index is -3.73. The number of carbonyl (C=O) groups excluding carboxylic acids is 1. The van der Waals surface area contributed by atoms with Gasteiger partial charge in [0.2, 0.25) is 10.0 Å². The zero-order valence-corrected chi connectivity index (χ0v) is 19.5. The standard InChI is InChI=1S/C22H28F2N2O5S/c1-6-30-20-12-16(10-11-19(20)31-22(23)24)14-25(4)21(27)17-8-7-9-18(13-17)32(28,29)26(5)15(2)3/h7-13,15,22H,6,14H2,1-5H3. The van der Waals surface area contributed by atoms with E-state index in [2.05, 4.69) is 4.74 Å². The topological polar surface area (TPSA) is 76.2 Å². The maximum Gasteiger partial charge on any atom is 0.387 e. The van der Waals surface area contributed by atoms with Crippen LogP contribution in [0.2, 0.25) is 0 Å². The number of hydrogen-bond acceptors (Lipinski definition) is 5. The first-order valence-corrected chi connectivity index (χ1v) is 11.5. The Morgan fingerprint density at radius 3 is 2.34 bits per heavy atom. The van der Waals surface area contributed by atoms with Crippen LogP contribution in [0.25, 0.3) is 0 Å². The third-order valence-electron chi connectivity index (χ3n) is 4.78. The Morgan fingerprint density at radius 1 is 1.06 bits per heavy atom. The Kier molecular flexibility index (Phi) is 8.57. The Labute approximate surface area is 187 Å². The Balaban J connectivity index is 2.24. The molecule has 7 nitrogen and oxygen atoms in total. The molecule has 0 spiro atoms. The fraction of sp³-hybridized carbons (Fsp3) is 0.409. The molecule has 0 saturated heterocycles. The van der Waals surface area contributed by atoms with Crippen molar-refractivity contribution in [2.75, 3.05) is 20.7 Å². The van der Waals surface area contributed by atoms with Crippen LogP contribution in [0.1, 0.15) is 36.7 Å². The lowest BCUT2D eigenvalue weighted by molar-refractivity contribution is -0.0514. The second-order valence-electron chi connectivity index (χ2n) is 7.40. The molecule has 0 fully saturated rings. The highest BCUT2D eigenvalue weighted by molar-refractivity contribution is 7.89. The van der Waals surface area contributed by atoms with Gasteiger partial charge in [0.05, 0.1) is 11.5 Å². The van der Waals surface area contributed by atoms with Gasteiger partial charge in [0.25, 0.3) is 5.91 Å². The van der Waals surface area contributed by atoms with Crippen LogP contribution in [0, 0.1) is 0 Å². The molecule has 176 valence electrons. The van der Waals surface area contributed by atoms with Gasteiger partial charge in [-0.05, 0) is 56.7 Å². The van der Waals surface area contributed by atoms with Gasteiger partial charge in [-0.25, -0.2) is 8.42 Å². The molecule has 0 atom stereocenters. The number of nitrogens with zero attached hydrogens (tertiary/aromatic N) is 2. The van der Waals surface area contributed by atoms with Crippen molar-refractivity contribution >= 4 is 15.9 Å². The first-order chi connectivity index (χ1) is 15.0. The lowest BCUT2D eigenvalue weighted by Crippen LogP contribution is -2.33. The largest absolute Gasteiger partial charge is 0.490 e. The van der Waals surface area contributed by atoms with Crippen molar-refractivity contribution in [3.8, 4) is 11.5 Å². The van der Waals surface area contributed by atoms with Crippen LogP contribution in [0.5, 0.6) is 11.5 Å². The molecule has 10 heteroatoms. The van der Waals surface area contributed by atoms with Crippen LogP contribution < -0.4 is 9.47 Å². The van der Waals surface area contributed by atoms with Gasteiger partial charge in [0, 0.05) is 32.2 Å². The SMILES string of the molecule is CCOc1cc(CN(C)C(=O)c2cccc(S(=O)(=O)N(C)C(C)C)c2)ccc1OC(F)F. The summed E-state index contributed by atoms with van der Waals surface area (Å²) in [7, 11) is -0.687. The zero-order chi connectivity index (χ0) is 24.1. The van der Waals surface area contributed by atoms with E-state index in [9.17, 15) is 22.0 Å². The zero-order valence-electron chi connectivity index (χ0n) is 18.7. The van der Waals surface area contributed by atoms with Crippen LogP contribution in [-0.4, -0.2) is 56.9 Å². The van der Waals surface area contributed by atoms with Gasteiger partial charge in [-0.2, -0.15) is 13.1 Å². The van der Waals surface area contributed by atoms with Crippen molar-refractivity contribution in [2.24, 2.45) is 0 Å². The van der Waals surface area contributed by atoms with Crippen LogP contribution in [0.15, 0.2) is 47.4 Å². The molecule has 0 bridgehead atoms. The minimum Gasteiger partial charge on any atom is -0.490 e. The van der Waals surface area contributed by atoms with E-state index in [1.807, 2.05) is 0 Å². The van der Waals surface area contributed by atoms with E-state index in [4.69, 9.17) is 4.74 Å². The molecule has 0 N–H and O–H groups in total. The lowest BCUT2D eigenvalue weighted by Gasteiger charge is -2.22. The van der Waals surface area contributed by atoms with Crippen LogP contribution in [-0.2, 0) is 16.6 Å². The van der Waals surface area contributed by atoms with E-state index in [1.54, 1.807) is 40.0 Å². The predicted molar refractivity (Wildman–Crippen MR) is 117 cm³/mol. The quantitative estimate of drug-likeness (QED) is 0.525. The van der Waals surface area contributed by atoms with E-state index in [1.165, 1.54) is 46.6 Å². The van der Waals surface area contributed by atoms with Crippen molar-refractivity contribution in [1.29, 1.82) is 0 Å². The van der Waals surface area contributed by atoms with Crippen LogP contribution >= 0.6 is 0 Å². The average molecular weight is 471 g/mol. The van der Waals surface area contributed by atoms with Crippen molar-refractivity contribution < 1.29 is 31.5 Å². The van der Waals surface area contributed by atoms with Crippen LogP contribution in [0.3, 0.4) is 0 Å². The number of halogens is 2. The summed E-state index contributed by atoms with van der Waals surface area (Å²) in [4.78, 5) is 14.3. The number of sulfonamides is 1. The summed E-state index contributed by atoms with van der Waals surface area (Å²) < 4.78 is 61.7. The molecule has 32 heavy (non-hydrogen) atoms. The maximum absolute atomic E-state index is 12.9. The molecule has 1 amide bonds. The molecule has 2 aromatic carbocycles. The van der Waals surface area contributed by atoms with Gasteiger partial charge in [0.15, 0.2) is 11.5 Å². The number of rotatable bonds is 10. The molecule has 0 aromatic heterocycles. The summed E-state index contributed by atoms with van der Waals surface area (Å²) >= 11 is 0. The van der Waals surface area contributed by atoms with Gasteiger partial charge < -0.3 is 14.4 Å². The molecular formula is C22H28F2N2O5S. The lowest BCUT2D eigenvalue weighted by atomic mass is 10.1. The predicted octanol–water partition coefficient (Wildman–Crippen LogP) is 3.99.